The molecule has 0 radical (unpaired) electrons. The third-order valence-corrected chi connectivity index (χ3v) is 5.39. The number of hydrogen-bond donors (Lipinski definition) is 1. The van der Waals surface area contributed by atoms with E-state index < -0.39 is 0 Å². The lowest BCUT2D eigenvalue weighted by molar-refractivity contribution is -0.129. The molecule has 27 heavy (non-hydrogen) atoms. The number of likely N-dealkylation sites (tertiary alicyclic amines) is 1. The third-order valence-electron chi connectivity index (χ3n) is 5.39. The van der Waals surface area contributed by atoms with Gasteiger partial charge in [-0.25, -0.2) is 0 Å². The first-order valence-electron chi connectivity index (χ1n) is 9.44. The molecule has 2 atom stereocenters. The fourth-order valence-electron chi connectivity index (χ4n) is 3.71. The predicted molar refractivity (Wildman–Crippen MR) is 102 cm³/mol. The van der Waals surface area contributed by atoms with E-state index in [9.17, 15) is 9.59 Å². The summed E-state index contributed by atoms with van der Waals surface area (Å²) >= 11 is 0. The molecule has 2 aromatic rings. The van der Waals surface area contributed by atoms with Crippen molar-refractivity contribution in [1.82, 2.24) is 10.2 Å². The van der Waals surface area contributed by atoms with Crippen molar-refractivity contribution in [1.29, 1.82) is 0 Å². The van der Waals surface area contributed by atoms with Gasteiger partial charge >= 0.3 is 0 Å². The van der Waals surface area contributed by atoms with Gasteiger partial charge in [0.15, 0.2) is 0 Å². The standard InChI is InChI=1S/C22H24N2O3/c1-27-19-11-7-16(8-12-19)21(15-5-3-2-4-6-15)23-22(26)17-13-20(25)24(14-17)18-9-10-18/h2-8,11-12,17-18,21H,9-10,13-14H2,1H3,(H,23,26). The molecule has 4 rings (SSSR count). The van der Waals surface area contributed by atoms with E-state index in [1.54, 1.807) is 7.11 Å². The summed E-state index contributed by atoms with van der Waals surface area (Å²) in [6.45, 7) is 0.541. The van der Waals surface area contributed by atoms with Gasteiger partial charge in [0.05, 0.1) is 19.1 Å². The van der Waals surface area contributed by atoms with E-state index in [0.29, 0.717) is 19.0 Å². The zero-order valence-corrected chi connectivity index (χ0v) is 15.4. The lowest BCUT2D eigenvalue weighted by Gasteiger charge is -2.22. The Labute approximate surface area is 159 Å². The van der Waals surface area contributed by atoms with E-state index in [1.165, 1.54) is 0 Å². The number of carbonyl (C=O) groups excluding carboxylic acids is 2. The molecule has 1 heterocycles. The maximum atomic E-state index is 12.9. The Balaban J connectivity index is 1.53. The summed E-state index contributed by atoms with van der Waals surface area (Å²) in [7, 11) is 1.63. The minimum atomic E-state index is -0.275. The Morgan fingerprint density at radius 1 is 1.07 bits per heavy atom. The van der Waals surface area contributed by atoms with Crippen LogP contribution in [0.3, 0.4) is 0 Å². The average molecular weight is 364 g/mol. The van der Waals surface area contributed by atoms with Crippen LogP contribution in [0, 0.1) is 5.92 Å². The van der Waals surface area contributed by atoms with Gasteiger partial charge in [-0.05, 0) is 36.1 Å². The number of amides is 2. The summed E-state index contributed by atoms with van der Waals surface area (Å²) in [6, 6.07) is 17.7. The van der Waals surface area contributed by atoms with Crippen molar-refractivity contribution in [3.8, 4) is 5.75 Å². The monoisotopic (exact) mass is 364 g/mol. The number of nitrogens with zero attached hydrogens (tertiary/aromatic N) is 1. The summed E-state index contributed by atoms with van der Waals surface area (Å²) in [5.74, 6) is 0.551. The van der Waals surface area contributed by atoms with E-state index in [0.717, 1.165) is 29.7 Å². The third kappa shape index (κ3) is 3.82. The predicted octanol–water partition coefficient (Wildman–Crippen LogP) is 2.91. The molecule has 2 unspecified atom stereocenters. The van der Waals surface area contributed by atoms with E-state index in [1.807, 2.05) is 59.5 Å². The molecule has 0 spiro atoms. The molecule has 2 aliphatic rings. The minimum Gasteiger partial charge on any atom is -0.497 e. The molecule has 140 valence electrons. The van der Waals surface area contributed by atoms with E-state index in [2.05, 4.69) is 5.32 Å². The number of carbonyl (C=O) groups is 2. The minimum absolute atomic E-state index is 0.0591. The first kappa shape index (κ1) is 17.6. The molecule has 2 aromatic carbocycles. The summed E-state index contributed by atoms with van der Waals surface area (Å²) in [5, 5.41) is 3.17. The van der Waals surface area contributed by atoms with Gasteiger partial charge in [-0.2, -0.15) is 0 Å². The normalized spacial score (nSPS) is 20.4. The van der Waals surface area contributed by atoms with Crippen molar-refractivity contribution in [3.63, 3.8) is 0 Å². The van der Waals surface area contributed by atoms with Crippen molar-refractivity contribution in [2.45, 2.75) is 31.3 Å². The molecular formula is C22H24N2O3. The van der Waals surface area contributed by atoms with Crippen molar-refractivity contribution in [2.24, 2.45) is 5.92 Å². The van der Waals surface area contributed by atoms with Crippen LogP contribution in [0.4, 0.5) is 0 Å². The molecule has 1 aliphatic heterocycles. The van der Waals surface area contributed by atoms with Crippen LogP contribution in [-0.4, -0.2) is 36.4 Å². The molecular weight excluding hydrogens is 340 g/mol. The lowest BCUT2D eigenvalue weighted by Crippen LogP contribution is -2.36. The SMILES string of the molecule is COc1ccc(C(NC(=O)C2CC(=O)N(C3CC3)C2)c2ccccc2)cc1. The molecule has 1 aliphatic carbocycles. The quantitative estimate of drug-likeness (QED) is 0.857. The number of hydrogen-bond acceptors (Lipinski definition) is 3. The Hall–Kier alpha value is -2.82. The Kier molecular flexibility index (Phi) is 4.84. The highest BCUT2D eigenvalue weighted by atomic mass is 16.5. The second kappa shape index (κ2) is 7.43. The van der Waals surface area contributed by atoms with E-state index in [4.69, 9.17) is 4.74 Å². The lowest BCUT2D eigenvalue weighted by atomic mass is 9.97. The molecule has 1 saturated heterocycles. The van der Waals surface area contributed by atoms with Crippen LogP contribution in [0.5, 0.6) is 5.75 Å². The van der Waals surface area contributed by atoms with Crippen molar-refractivity contribution in [2.75, 3.05) is 13.7 Å². The van der Waals surface area contributed by atoms with Gasteiger partial charge in [0.1, 0.15) is 5.75 Å². The number of benzene rings is 2. The van der Waals surface area contributed by atoms with E-state index in [-0.39, 0.29) is 23.8 Å². The van der Waals surface area contributed by atoms with Gasteiger partial charge in [-0.15, -0.1) is 0 Å². The number of ether oxygens (including phenoxy) is 1. The van der Waals surface area contributed by atoms with Crippen LogP contribution in [-0.2, 0) is 9.59 Å². The smallest absolute Gasteiger partial charge is 0.226 e. The van der Waals surface area contributed by atoms with Crippen LogP contribution in [0.25, 0.3) is 0 Å². The summed E-state index contributed by atoms with van der Waals surface area (Å²) in [4.78, 5) is 27.0. The fraction of sp³-hybridized carbons (Fsp3) is 0.364. The van der Waals surface area contributed by atoms with Gasteiger partial charge in [0.2, 0.25) is 11.8 Å². The van der Waals surface area contributed by atoms with Gasteiger partial charge in [0.25, 0.3) is 0 Å². The van der Waals surface area contributed by atoms with Crippen LogP contribution in [0.15, 0.2) is 54.6 Å². The van der Waals surface area contributed by atoms with Crippen molar-refractivity contribution < 1.29 is 14.3 Å². The van der Waals surface area contributed by atoms with Gasteiger partial charge in [-0.1, -0.05) is 42.5 Å². The summed E-state index contributed by atoms with van der Waals surface area (Å²) in [6.07, 6.45) is 2.45. The second-order valence-electron chi connectivity index (χ2n) is 7.30. The molecule has 1 N–H and O–H groups in total. The first-order chi connectivity index (χ1) is 13.2. The summed E-state index contributed by atoms with van der Waals surface area (Å²) in [5.41, 5.74) is 2.00. The highest BCUT2D eigenvalue weighted by Gasteiger charge is 2.42. The van der Waals surface area contributed by atoms with Gasteiger partial charge in [-0.3, -0.25) is 9.59 Å². The average Bonchev–Trinajstić information content (AvgIpc) is 3.48. The van der Waals surface area contributed by atoms with Crippen LogP contribution in [0.2, 0.25) is 0 Å². The van der Waals surface area contributed by atoms with Crippen molar-refractivity contribution in [3.05, 3.63) is 65.7 Å². The summed E-state index contributed by atoms with van der Waals surface area (Å²) < 4.78 is 5.24. The number of rotatable bonds is 6. The molecule has 0 aromatic heterocycles. The maximum absolute atomic E-state index is 12.9. The molecule has 5 heteroatoms. The fourth-order valence-corrected chi connectivity index (χ4v) is 3.71. The van der Waals surface area contributed by atoms with Crippen LogP contribution < -0.4 is 10.1 Å². The maximum Gasteiger partial charge on any atom is 0.226 e. The zero-order chi connectivity index (χ0) is 18.8. The van der Waals surface area contributed by atoms with Gasteiger partial charge < -0.3 is 15.0 Å². The molecule has 2 amide bonds. The highest BCUT2D eigenvalue weighted by molar-refractivity contribution is 5.90. The Morgan fingerprint density at radius 2 is 1.74 bits per heavy atom. The van der Waals surface area contributed by atoms with Gasteiger partial charge in [0, 0.05) is 19.0 Å². The molecule has 2 fully saturated rings. The van der Waals surface area contributed by atoms with Crippen LogP contribution >= 0.6 is 0 Å². The molecule has 5 nitrogen and oxygen atoms in total. The Bertz CT molecular complexity index is 815. The zero-order valence-electron chi connectivity index (χ0n) is 15.4. The van der Waals surface area contributed by atoms with E-state index >= 15 is 0 Å². The molecule has 0 bridgehead atoms. The Morgan fingerprint density at radius 3 is 2.37 bits per heavy atom. The number of methoxy groups -OCH3 is 1. The second-order valence-corrected chi connectivity index (χ2v) is 7.30. The number of nitrogens with one attached hydrogen (secondary N) is 1. The van der Waals surface area contributed by atoms with Crippen LogP contribution in [0.1, 0.15) is 36.4 Å². The van der Waals surface area contributed by atoms with Crippen molar-refractivity contribution >= 4 is 11.8 Å². The highest BCUT2D eigenvalue weighted by Crippen LogP contribution is 2.33. The topological polar surface area (TPSA) is 58.6 Å². The molecule has 1 saturated carbocycles. The largest absolute Gasteiger partial charge is 0.497 e. The first-order valence-corrected chi connectivity index (χ1v) is 9.44.